The van der Waals surface area contributed by atoms with Gasteiger partial charge in [0.1, 0.15) is 12.0 Å². The summed E-state index contributed by atoms with van der Waals surface area (Å²) in [5.41, 5.74) is 9.35. The molecular formula is C49H46N2O4. The van der Waals surface area contributed by atoms with Gasteiger partial charge in [0.25, 0.3) is 0 Å². The van der Waals surface area contributed by atoms with Crippen LogP contribution in [0, 0.1) is 0 Å². The van der Waals surface area contributed by atoms with Crippen LogP contribution in [-0.2, 0) is 25.7 Å². The Morgan fingerprint density at radius 1 is 0.600 bits per heavy atom. The van der Waals surface area contributed by atoms with E-state index in [1.54, 1.807) is 37.5 Å². The summed E-state index contributed by atoms with van der Waals surface area (Å²) >= 11 is 0. The van der Waals surface area contributed by atoms with Crippen molar-refractivity contribution in [3.05, 3.63) is 221 Å². The van der Waals surface area contributed by atoms with Crippen LogP contribution in [0.5, 0.6) is 5.75 Å². The molecule has 2 aliphatic heterocycles. The highest BCUT2D eigenvalue weighted by molar-refractivity contribution is 6.04. The standard InChI is InChI=1S/C26H25NO2.C23H21NO2/c1-29-23-13-11-22(12-14-23)26(28)16-18-27-17-15-21-9-5-6-10-24(21)25(27)19-20-7-3-2-4-8-20;25-23(20-12-15-26-17-20)11-14-24-13-10-19-8-4-5-9-21(19)22(24)16-18-6-2-1-3-7-18/h2-14,16,18,25H,15,17,19H2,1H3;1-9,11-12,14-15,17,22H,10,13,16H2. The zero-order valence-electron chi connectivity index (χ0n) is 31.2. The van der Waals surface area contributed by atoms with Crippen molar-refractivity contribution in [1.82, 2.24) is 9.80 Å². The number of carbonyl (C=O) groups is 2. The fourth-order valence-corrected chi connectivity index (χ4v) is 7.51. The Balaban J connectivity index is 0.000000170. The Labute approximate surface area is 324 Å². The third kappa shape index (κ3) is 9.40. The average molecular weight is 727 g/mol. The first-order valence-corrected chi connectivity index (χ1v) is 18.9. The number of allylic oxidation sites excluding steroid dienone is 2. The number of methoxy groups -OCH3 is 1. The molecule has 0 aliphatic carbocycles. The van der Waals surface area contributed by atoms with Gasteiger partial charge in [-0.1, -0.05) is 109 Å². The van der Waals surface area contributed by atoms with Crippen LogP contribution in [0.2, 0.25) is 0 Å². The molecule has 8 rings (SSSR count). The molecule has 0 fully saturated rings. The number of hydrogen-bond donors (Lipinski definition) is 0. The summed E-state index contributed by atoms with van der Waals surface area (Å²) in [6.07, 6.45) is 14.1. The summed E-state index contributed by atoms with van der Waals surface area (Å²) in [6.45, 7) is 1.81. The Bertz CT molecular complexity index is 2210. The number of nitrogens with zero attached hydrogens (tertiary/aromatic N) is 2. The second kappa shape index (κ2) is 18.1. The van der Waals surface area contributed by atoms with Crippen molar-refractivity contribution < 1.29 is 18.7 Å². The summed E-state index contributed by atoms with van der Waals surface area (Å²) in [6, 6.07) is 47.7. The lowest BCUT2D eigenvalue weighted by molar-refractivity contribution is 0.103. The molecule has 0 bridgehead atoms. The van der Waals surface area contributed by atoms with Crippen LogP contribution in [0.1, 0.15) is 66.2 Å². The van der Waals surface area contributed by atoms with Crippen LogP contribution in [0.4, 0.5) is 0 Å². The third-order valence-electron chi connectivity index (χ3n) is 10.5. The Kier molecular flexibility index (Phi) is 12.1. The van der Waals surface area contributed by atoms with Gasteiger partial charge in [-0.25, -0.2) is 0 Å². The molecule has 0 radical (unpaired) electrons. The molecule has 6 aromatic rings. The van der Waals surface area contributed by atoms with Crippen molar-refractivity contribution in [2.45, 2.75) is 37.8 Å². The molecule has 6 nitrogen and oxygen atoms in total. The second-order valence-corrected chi connectivity index (χ2v) is 13.9. The summed E-state index contributed by atoms with van der Waals surface area (Å²) in [5, 5.41) is 0. The number of ketones is 2. The van der Waals surface area contributed by atoms with E-state index in [0.29, 0.717) is 11.1 Å². The largest absolute Gasteiger partial charge is 0.497 e. The fraction of sp³-hybridized carbons (Fsp3) is 0.184. The highest BCUT2D eigenvalue weighted by Crippen LogP contribution is 2.34. The van der Waals surface area contributed by atoms with Gasteiger partial charge in [0.2, 0.25) is 0 Å². The maximum atomic E-state index is 12.6. The first-order valence-electron chi connectivity index (χ1n) is 18.9. The number of hydrogen-bond acceptors (Lipinski definition) is 6. The Hall–Kier alpha value is -6.40. The van der Waals surface area contributed by atoms with E-state index in [4.69, 9.17) is 9.15 Å². The smallest absolute Gasteiger partial charge is 0.190 e. The van der Waals surface area contributed by atoms with E-state index in [9.17, 15) is 9.59 Å². The van der Waals surface area contributed by atoms with Crippen molar-refractivity contribution in [2.75, 3.05) is 20.2 Å². The Morgan fingerprint density at radius 3 is 1.55 bits per heavy atom. The van der Waals surface area contributed by atoms with Gasteiger partial charge in [0.15, 0.2) is 11.6 Å². The van der Waals surface area contributed by atoms with E-state index < -0.39 is 0 Å². The van der Waals surface area contributed by atoms with Gasteiger partial charge >= 0.3 is 0 Å². The molecule has 0 spiro atoms. The molecule has 276 valence electrons. The van der Waals surface area contributed by atoms with Crippen LogP contribution < -0.4 is 4.74 Å². The molecule has 0 N–H and O–H groups in total. The molecule has 5 aromatic carbocycles. The molecule has 0 amide bonds. The minimum Gasteiger partial charge on any atom is -0.497 e. The zero-order chi connectivity index (χ0) is 37.8. The lowest BCUT2D eigenvalue weighted by atomic mass is 9.89. The molecular weight excluding hydrogens is 681 g/mol. The number of carbonyl (C=O) groups excluding carboxylic acids is 2. The van der Waals surface area contributed by atoms with E-state index >= 15 is 0 Å². The lowest BCUT2D eigenvalue weighted by Gasteiger charge is -2.37. The number of fused-ring (bicyclic) bond motifs is 2. The van der Waals surface area contributed by atoms with E-state index in [2.05, 4.69) is 107 Å². The van der Waals surface area contributed by atoms with Crippen molar-refractivity contribution in [2.24, 2.45) is 0 Å². The molecule has 2 aliphatic rings. The lowest BCUT2D eigenvalue weighted by Crippen LogP contribution is -2.32. The molecule has 6 heteroatoms. The van der Waals surface area contributed by atoms with Crippen molar-refractivity contribution in [3.8, 4) is 5.75 Å². The third-order valence-corrected chi connectivity index (χ3v) is 10.5. The van der Waals surface area contributed by atoms with Gasteiger partial charge in [0.05, 0.1) is 31.0 Å². The number of furan rings is 1. The summed E-state index contributed by atoms with van der Waals surface area (Å²) in [7, 11) is 1.62. The van der Waals surface area contributed by atoms with Crippen LogP contribution in [-0.4, -0.2) is 41.6 Å². The monoisotopic (exact) mass is 726 g/mol. The highest BCUT2D eigenvalue weighted by atomic mass is 16.5. The minimum absolute atomic E-state index is 0.00460. The van der Waals surface area contributed by atoms with E-state index in [0.717, 1.165) is 44.5 Å². The fourth-order valence-electron chi connectivity index (χ4n) is 7.51. The van der Waals surface area contributed by atoms with Crippen molar-refractivity contribution in [3.63, 3.8) is 0 Å². The predicted molar refractivity (Wildman–Crippen MR) is 218 cm³/mol. The predicted octanol–water partition coefficient (Wildman–Crippen LogP) is 10.1. The van der Waals surface area contributed by atoms with Gasteiger partial charge in [-0.3, -0.25) is 9.59 Å². The molecule has 2 atom stereocenters. The van der Waals surface area contributed by atoms with Crippen LogP contribution in [0.25, 0.3) is 0 Å². The van der Waals surface area contributed by atoms with Gasteiger partial charge in [0, 0.05) is 43.2 Å². The molecule has 55 heavy (non-hydrogen) atoms. The molecule has 2 unspecified atom stereocenters. The normalized spacial score (nSPS) is 16.2. The van der Waals surface area contributed by atoms with E-state index in [-0.39, 0.29) is 23.7 Å². The summed E-state index contributed by atoms with van der Waals surface area (Å²) in [5.74, 6) is 0.724. The van der Waals surface area contributed by atoms with Gasteiger partial charge < -0.3 is 19.0 Å². The highest BCUT2D eigenvalue weighted by Gasteiger charge is 2.26. The first-order chi connectivity index (χ1) is 27.1. The number of rotatable bonds is 11. The van der Waals surface area contributed by atoms with E-state index in [1.165, 1.54) is 45.9 Å². The quantitative estimate of drug-likeness (QED) is 0.0979. The van der Waals surface area contributed by atoms with Crippen LogP contribution >= 0.6 is 0 Å². The van der Waals surface area contributed by atoms with Crippen LogP contribution in [0.15, 0.2) is 181 Å². The van der Waals surface area contributed by atoms with Crippen molar-refractivity contribution in [1.29, 1.82) is 0 Å². The second-order valence-electron chi connectivity index (χ2n) is 13.9. The van der Waals surface area contributed by atoms with E-state index in [1.807, 2.05) is 36.7 Å². The zero-order valence-corrected chi connectivity index (χ0v) is 31.2. The van der Waals surface area contributed by atoms with Gasteiger partial charge in [-0.05, 0) is 89.4 Å². The number of ether oxygens (including phenoxy) is 1. The van der Waals surface area contributed by atoms with Crippen LogP contribution in [0.3, 0.4) is 0 Å². The SMILES string of the molecule is COc1ccc(C(=O)C=CN2CCc3ccccc3C2Cc2ccccc2)cc1.O=C(C=CN1CCc2ccccc2C1Cc1ccccc1)c1ccoc1. The average Bonchev–Trinajstić information content (AvgIpc) is 3.80. The topological polar surface area (TPSA) is 63.0 Å². The summed E-state index contributed by atoms with van der Waals surface area (Å²) in [4.78, 5) is 29.5. The molecule has 1 aromatic heterocycles. The molecule has 3 heterocycles. The maximum absolute atomic E-state index is 12.6. The van der Waals surface area contributed by atoms with Crippen molar-refractivity contribution >= 4 is 11.6 Å². The summed E-state index contributed by atoms with van der Waals surface area (Å²) < 4.78 is 10.2. The minimum atomic E-state index is -0.0314. The first kappa shape index (κ1) is 36.9. The maximum Gasteiger partial charge on any atom is 0.190 e. The number of benzene rings is 5. The molecule has 0 saturated heterocycles. The van der Waals surface area contributed by atoms with Gasteiger partial charge in [-0.15, -0.1) is 0 Å². The Morgan fingerprint density at radius 2 is 1.07 bits per heavy atom. The molecule has 0 saturated carbocycles. The van der Waals surface area contributed by atoms with Gasteiger partial charge in [-0.2, -0.15) is 0 Å².